The number of phenols is 2. The van der Waals surface area contributed by atoms with E-state index >= 15 is 0 Å². The van der Waals surface area contributed by atoms with Crippen LogP contribution in [0.3, 0.4) is 0 Å². The van der Waals surface area contributed by atoms with Gasteiger partial charge in [-0.25, -0.2) is 12.7 Å². The summed E-state index contributed by atoms with van der Waals surface area (Å²) in [6.45, 7) is 2.87. The molecule has 0 bridgehead atoms. The minimum absolute atomic E-state index is 0.00741. The van der Waals surface area contributed by atoms with E-state index in [1.54, 1.807) is 6.07 Å². The van der Waals surface area contributed by atoms with E-state index in [0.29, 0.717) is 31.5 Å². The van der Waals surface area contributed by atoms with Crippen LogP contribution in [0.15, 0.2) is 18.2 Å². The summed E-state index contributed by atoms with van der Waals surface area (Å²) in [6, 6.07) is 4.48. The second-order valence-electron chi connectivity index (χ2n) is 5.26. The van der Waals surface area contributed by atoms with Gasteiger partial charge in [0.2, 0.25) is 10.0 Å². The van der Waals surface area contributed by atoms with Crippen molar-refractivity contribution in [2.45, 2.75) is 32.1 Å². The molecule has 1 atom stereocenters. The highest BCUT2D eigenvalue weighted by Crippen LogP contribution is 2.35. The molecule has 1 aliphatic rings. The first kappa shape index (κ1) is 15.1. The molecule has 0 spiro atoms. The molecule has 1 aromatic carbocycles. The van der Waals surface area contributed by atoms with Gasteiger partial charge in [-0.2, -0.15) is 0 Å². The van der Waals surface area contributed by atoms with E-state index < -0.39 is 10.0 Å². The first-order valence-corrected chi connectivity index (χ1v) is 8.54. The Hall–Kier alpha value is -1.27. The molecule has 20 heavy (non-hydrogen) atoms. The van der Waals surface area contributed by atoms with Crippen molar-refractivity contribution in [1.29, 1.82) is 0 Å². The number of phenolic OH excluding ortho intramolecular Hbond substituents is 2. The number of hydrogen-bond donors (Lipinski definition) is 2. The molecule has 0 aromatic heterocycles. The Balaban J connectivity index is 2.09. The third-order valence-electron chi connectivity index (χ3n) is 3.75. The van der Waals surface area contributed by atoms with Crippen molar-refractivity contribution in [3.8, 4) is 11.5 Å². The molecule has 1 aromatic rings. The fraction of sp³-hybridized carbons (Fsp3) is 0.571. The molecule has 5 nitrogen and oxygen atoms in total. The quantitative estimate of drug-likeness (QED) is 0.872. The first-order chi connectivity index (χ1) is 9.44. The summed E-state index contributed by atoms with van der Waals surface area (Å²) in [6.07, 6.45) is 2.23. The lowest BCUT2D eigenvalue weighted by Gasteiger charge is -2.17. The summed E-state index contributed by atoms with van der Waals surface area (Å²) in [7, 11) is -3.18. The van der Waals surface area contributed by atoms with E-state index in [1.807, 2.05) is 6.92 Å². The largest absolute Gasteiger partial charge is 0.508 e. The molecule has 2 rings (SSSR count). The number of aromatic hydroxyl groups is 2. The summed E-state index contributed by atoms with van der Waals surface area (Å²) < 4.78 is 25.8. The van der Waals surface area contributed by atoms with Crippen LogP contribution < -0.4 is 0 Å². The average Bonchev–Trinajstić information content (AvgIpc) is 2.86. The molecule has 0 aliphatic carbocycles. The summed E-state index contributed by atoms with van der Waals surface area (Å²) in [4.78, 5) is 0. The van der Waals surface area contributed by atoms with Gasteiger partial charge >= 0.3 is 0 Å². The van der Waals surface area contributed by atoms with E-state index in [2.05, 4.69) is 0 Å². The van der Waals surface area contributed by atoms with Crippen LogP contribution in [-0.4, -0.2) is 41.8 Å². The Bertz CT molecular complexity index is 571. The minimum Gasteiger partial charge on any atom is -0.508 e. The number of benzene rings is 1. The molecular formula is C14H21NO4S. The number of hydrogen-bond acceptors (Lipinski definition) is 4. The highest BCUT2D eigenvalue weighted by molar-refractivity contribution is 7.89. The van der Waals surface area contributed by atoms with Crippen molar-refractivity contribution >= 4 is 10.0 Å². The Labute approximate surface area is 119 Å². The van der Waals surface area contributed by atoms with Gasteiger partial charge in [0.05, 0.1) is 5.75 Å². The smallest absolute Gasteiger partial charge is 0.214 e. The summed E-state index contributed by atoms with van der Waals surface area (Å²) in [5.74, 6) is 0.226. The van der Waals surface area contributed by atoms with Crippen LogP contribution in [0.5, 0.6) is 11.5 Å². The maximum absolute atomic E-state index is 12.1. The molecule has 0 amide bonds. The van der Waals surface area contributed by atoms with Crippen molar-refractivity contribution in [2.75, 3.05) is 18.8 Å². The van der Waals surface area contributed by atoms with Crippen LogP contribution in [0.1, 0.15) is 37.7 Å². The molecule has 1 saturated heterocycles. The van der Waals surface area contributed by atoms with Gasteiger partial charge in [-0.05, 0) is 24.5 Å². The maximum Gasteiger partial charge on any atom is 0.214 e. The zero-order valence-corrected chi connectivity index (χ0v) is 12.4. The van der Waals surface area contributed by atoms with Crippen molar-refractivity contribution in [3.63, 3.8) is 0 Å². The Morgan fingerprint density at radius 3 is 2.75 bits per heavy atom. The van der Waals surface area contributed by atoms with Crippen molar-refractivity contribution in [2.24, 2.45) is 0 Å². The van der Waals surface area contributed by atoms with Gasteiger partial charge in [0, 0.05) is 25.1 Å². The fourth-order valence-electron chi connectivity index (χ4n) is 2.57. The zero-order chi connectivity index (χ0) is 14.8. The third-order valence-corrected chi connectivity index (χ3v) is 5.68. The van der Waals surface area contributed by atoms with Crippen LogP contribution in [-0.2, 0) is 10.0 Å². The fourth-order valence-corrected chi connectivity index (χ4v) is 4.27. The monoisotopic (exact) mass is 299 g/mol. The maximum atomic E-state index is 12.1. The second kappa shape index (κ2) is 6.01. The number of nitrogens with zero attached hydrogens (tertiary/aromatic N) is 1. The van der Waals surface area contributed by atoms with Gasteiger partial charge in [0.25, 0.3) is 0 Å². The summed E-state index contributed by atoms with van der Waals surface area (Å²) in [5.41, 5.74) is 0.705. The molecule has 1 fully saturated rings. The molecule has 1 heterocycles. The SMILES string of the molecule is CCCCS(=O)(=O)N1CCC(c2ccc(O)cc2O)C1. The van der Waals surface area contributed by atoms with Gasteiger partial charge in [-0.1, -0.05) is 19.4 Å². The molecule has 6 heteroatoms. The molecule has 1 unspecified atom stereocenters. The number of unbranched alkanes of at least 4 members (excludes halogenated alkanes) is 1. The van der Waals surface area contributed by atoms with Crippen LogP contribution in [0.4, 0.5) is 0 Å². The Kier molecular flexibility index (Phi) is 4.55. The van der Waals surface area contributed by atoms with Gasteiger partial charge in [-0.3, -0.25) is 0 Å². The standard InChI is InChI=1S/C14H21NO4S/c1-2-3-8-20(18,19)15-7-6-11(10-15)13-5-4-12(16)9-14(13)17/h4-5,9,11,16-17H,2-3,6-8,10H2,1H3. The van der Waals surface area contributed by atoms with Crippen LogP contribution in [0, 0.1) is 0 Å². The second-order valence-corrected chi connectivity index (χ2v) is 7.34. The highest BCUT2D eigenvalue weighted by Gasteiger charge is 2.32. The number of sulfonamides is 1. The van der Waals surface area contributed by atoms with Gasteiger partial charge in [0.1, 0.15) is 11.5 Å². The van der Waals surface area contributed by atoms with Crippen molar-refractivity contribution in [1.82, 2.24) is 4.31 Å². The lowest BCUT2D eigenvalue weighted by molar-refractivity contribution is 0.438. The Morgan fingerprint density at radius 1 is 1.35 bits per heavy atom. The summed E-state index contributed by atoms with van der Waals surface area (Å²) in [5, 5.41) is 19.1. The third kappa shape index (κ3) is 3.24. The average molecular weight is 299 g/mol. The topological polar surface area (TPSA) is 77.8 Å². The molecule has 1 aliphatic heterocycles. The van der Waals surface area contributed by atoms with E-state index in [9.17, 15) is 18.6 Å². The molecule has 2 N–H and O–H groups in total. The normalized spacial score (nSPS) is 20.4. The van der Waals surface area contributed by atoms with Crippen molar-refractivity contribution in [3.05, 3.63) is 23.8 Å². The van der Waals surface area contributed by atoms with E-state index in [-0.39, 0.29) is 23.2 Å². The number of rotatable bonds is 5. The van der Waals surface area contributed by atoms with Crippen LogP contribution in [0.2, 0.25) is 0 Å². The molecular weight excluding hydrogens is 278 g/mol. The predicted octanol–water partition coefficient (Wildman–Crippen LogP) is 2.02. The molecule has 112 valence electrons. The van der Waals surface area contributed by atoms with E-state index in [1.165, 1.54) is 16.4 Å². The van der Waals surface area contributed by atoms with Gasteiger partial charge in [0.15, 0.2) is 0 Å². The summed E-state index contributed by atoms with van der Waals surface area (Å²) >= 11 is 0. The highest BCUT2D eigenvalue weighted by atomic mass is 32.2. The Morgan fingerprint density at radius 2 is 2.10 bits per heavy atom. The minimum atomic E-state index is -3.18. The zero-order valence-electron chi connectivity index (χ0n) is 11.6. The van der Waals surface area contributed by atoms with E-state index in [4.69, 9.17) is 0 Å². The molecule has 0 saturated carbocycles. The van der Waals surface area contributed by atoms with Gasteiger partial charge in [-0.15, -0.1) is 0 Å². The predicted molar refractivity (Wildman–Crippen MR) is 77.4 cm³/mol. The van der Waals surface area contributed by atoms with Crippen molar-refractivity contribution < 1.29 is 18.6 Å². The van der Waals surface area contributed by atoms with Crippen LogP contribution in [0.25, 0.3) is 0 Å². The van der Waals surface area contributed by atoms with Crippen LogP contribution >= 0.6 is 0 Å². The molecule has 0 radical (unpaired) electrons. The lowest BCUT2D eigenvalue weighted by Crippen LogP contribution is -2.30. The van der Waals surface area contributed by atoms with E-state index in [0.717, 1.165) is 6.42 Å². The van der Waals surface area contributed by atoms with Gasteiger partial charge < -0.3 is 10.2 Å². The lowest BCUT2D eigenvalue weighted by atomic mass is 9.97. The first-order valence-electron chi connectivity index (χ1n) is 6.93.